The summed E-state index contributed by atoms with van der Waals surface area (Å²) in [5.41, 5.74) is 0. The number of hydrogen-bond donors (Lipinski definition) is 0. The van der Waals surface area contributed by atoms with E-state index in [2.05, 4.69) is 12.2 Å². The molecule has 1 rings (SSSR count). The zero-order valence-electron chi connectivity index (χ0n) is 4.33. The number of nitriles is 1. The summed E-state index contributed by atoms with van der Waals surface area (Å²) in [7, 11) is 0. The molecule has 0 spiro atoms. The van der Waals surface area contributed by atoms with Crippen LogP contribution in [0.1, 0.15) is 0 Å². The lowest BCUT2D eigenvalue weighted by molar-refractivity contribution is -0.121. The predicted octanol–water partition coefficient (Wildman–Crippen LogP) is 0.328. The van der Waals surface area contributed by atoms with Crippen LogP contribution in [0, 0.1) is 11.5 Å². The Bertz CT molecular complexity index is 191. The van der Waals surface area contributed by atoms with Gasteiger partial charge in [0.15, 0.2) is 10.5 Å². The van der Waals surface area contributed by atoms with Crippen molar-refractivity contribution in [1.29, 1.82) is 5.26 Å². The molecule has 0 N–H and O–H groups in total. The van der Waals surface area contributed by atoms with Crippen molar-refractivity contribution in [3.8, 4) is 6.19 Å². The second-order valence-electron chi connectivity index (χ2n) is 1.38. The molecular formula is C4H2N2OS2. The Kier molecular flexibility index (Phi) is 1.69. The Labute approximate surface area is 61.6 Å². The molecule has 46 valence electrons. The Morgan fingerprint density at radius 2 is 2.56 bits per heavy atom. The fourth-order valence-electron chi connectivity index (χ4n) is 0.451. The number of thioether (sulfide) groups is 1. The molecule has 0 aromatic carbocycles. The van der Waals surface area contributed by atoms with Crippen LogP contribution in [0.25, 0.3) is 0 Å². The van der Waals surface area contributed by atoms with Crippen LogP contribution in [-0.4, -0.2) is 20.9 Å². The van der Waals surface area contributed by atoms with Crippen LogP contribution in [-0.2, 0) is 4.79 Å². The van der Waals surface area contributed by atoms with Crippen molar-refractivity contribution in [2.75, 3.05) is 5.75 Å². The summed E-state index contributed by atoms with van der Waals surface area (Å²) in [5.74, 6) is 0.0966. The monoisotopic (exact) mass is 158 g/mol. The summed E-state index contributed by atoms with van der Waals surface area (Å²) in [6.07, 6.45) is 1.69. The van der Waals surface area contributed by atoms with E-state index in [0.717, 1.165) is 4.90 Å². The standard InChI is InChI=1S/C4H2N2OS2/c5-2-6-3(7)1-9-4(6)8/h1H2. The summed E-state index contributed by atoms with van der Waals surface area (Å²) >= 11 is 5.89. The number of amides is 1. The Morgan fingerprint density at radius 1 is 1.89 bits per heavy atom. The van der Waals surface area contributed by atoms with Crippen molar-refractivity contribution in [3.63, 3.8) is 0 Å². The van der Waals surface area contributed by atoms with Crippen molar-refractivity contribution >= 4 is 34.2 Å². The van der Waals surface area contributed by atoms with E-state index in [1.807, 2.05) is 0 Å². The summed E-state index contributed by atoms with van der Waals surface area (Å²) in [6.45, 7) is 0. The van der Waals surface area contributed by atoms with Gasteiger partial charge in [-0.05, 0) is 0 Å². The molecule has 0 aromatic heterocycles. The third kappa shape index (κ3) is 1.04. The average Bonchev–Trinajstić information content (AvgIpc) is 2.12. The second kappa shape index (κ2) is 2.33. The van der Waals surface area contributed by atoms with Crippen LogP contribution >= 0.6 is 24.0 Å². The molecule has 0 unspecified atom stereocenters. The number of nitrogens with zero attached hydrogens (tertiary/aromatic N) is 2. The smallest absolute Gasteiger partial charge is 0.251 e. The van der Waals surface area contributed by atoms with Gasteiger partial charge in [-0.3, -0.25) is 4.79 Å². The highest BCUT2D eigenvalue weighted by Gasteiger charge is 2.25. The molecular weight excluding hydrogens is 156 g/mol. The average molecular weight is 158 g/mol. The number of rotatable bonds is 0. The van der Waals surface area contributed by atoms with Crippen LogP contribution in [0.2, 0.25) is 0 Å². The van der Waals surface area contributed by atoms with Gasteiger partial charge in [0.05, 0.1) is 5.75 Å². The maximum atomic E-state index is 10.6. The van der Waals surface area contributed by atoms with E-state index < -0.39 is 0 Å². The first kappa shape index (κ1) is 6.52. The SMILES string of the molecule is N#CN1C(=O)CSC1=S. The fraction of sp³-hybridized carbons (Fsp3) is 0.250. The van der Waals surface area contributed by atoms with Gasteiger partial charge in [-0.1, -0.05) is 24.0 Å². The van der Waals surface area contributed by atoms with E-state index in [4.69, 9.17) is 5.26 Å². The first-order chi connectivity index (χ1) is 4.25. The lowest BCUT2D eigenvalue weighted by atomic mass is 10.6. The fourth-order valence-corrected chi connectivity index (χ4v) is 1.42. The minimum atomic E-state index is -0.215. The van der Waals surface area contributed by atoms with Gasteiger partial charge in [0, 0.05) is 0 Å². The van der Waals surface area contributed by atoms with Crippen LogP contribution in [0.3, 0.4) is 0 Å². The van der Waals surface area contributed by atoms with E-state index in [0.29, 0.717) is 10.1 Å². The van der Waals surface area contributed by atoms with E-state index >= 15 is 0 Å². The van der Waals surface area contributed by atoms with Crippen molar-refractivity contribution in [2.45, 2.75) is 0 Å². The predicted molar refractivity (Wildman–Crippen MR) is 37.5 cm³/mol. The van der Waals surface area contributed by atoms with Crippen molar-refractivity contribution in [1.82, 2.24) is 4.90 Å². The number of carbonyl (C=O) groups is 1. The van der Waals surface area contributed by atoms with Gasteiger partial charge in [0.25, 0.3) is 5.91 Å². The zero-order valence-corrected chi connectivity index (χ0v) is 5.96. The highest BCUT2D eigenvalue weighted by atomic mass is 32.2. The molecule has 1 amide bonds. The molecule has 1 aliphatic rings. The van der Waals surface area contributed by atoms with Gasteiger partial charge in [0.1, 0.15) is 0 Å². The molecule has 0 atom stereocenters. The lowest BCUT2D eigenvalue weighted by Crippen LogP contribution is -2.22. The Hall–Kier alpha value is -0.600. The van der Waals surface area contributed by atoms with Gasteiger partial charge in [-0.2, -0.15) is 10.2 Å². The molecule has 1 heterocycles. The van der Waals surface area contributed by atoms with E-state index in [9.17, 15) is 4.79 Å². The topological polar surface area (TPSA) is 44.1 Å². The molecule has 9 heavy (non-hydrogen) atoms. The van der Waals surface area contributed by atoms with Crippen LogP contribution in [0.15, 0.2) is 0 Å². The van der Waals surface area contributed by atoms with Gasteiger partial charge in [-0.15, -0.1) is 0 Å². The van der Waals surface area contributed by atoms with Crippen molar-refractivity contribution < 1.29 is 4.79 Å². The third-order valence-corrected chi connectivity index (χ3v) is 2.21. The van der Waals surface area contributed by atoms with Gasteiger partial charge in [0.2, 0.25) is 0 Å². The first-order valence-corrected chi connectivity index (χ1v) is 3.54. The molecule has 0 saturated carbocycles. The van der Waals surface area contributed by atoms with Crippen LogP contribution < -0.4 is 0 Å². The quantitative estimate of drug-likeness (QED) is 0.376. The third-order valence-electron chi connectivity index (χ3n) is 0.851. The molecule has 0 bridgehead atoms. The number of thiocarbonyl (C=S) groups is 1. The van der Waals surface area contributed by atoms with E-state index in [1.165, 1.54) is 11.8 Å². The number of carbonyl (C=O) groups excluding carboxylic acids is 1. The van der Waals surface area contributed by atoms with Gasteiger partial charge in [-0.25, -0.2) is 0 Å². The minimum absolute atomic E-state index is 0.215. The normalized spacial score (nSPS) is 18.3. The van der Waals surface area contributed by atoms with Crippen LogP contribution in [0.5, 0.6) is 0 Å². The molecule has 1 saturated heterocycles. The minimum Gasteiger partial charge on any atom is -0.272 e. The molecule has 1 aliphatic heterocycles. The Balaban J connectivity index is 2.81. The first-order valence-electron chi connectivity index (χ1n) is 2.15. The lowest BCUT2D eigenvalue weighted by Gasteiger charge is -1.98. The van der Waals surface area contributed by atoms with E-state index in [-0.39, 0.29) is 5.91 Å². The second-order valence-corrected chi connectivity index (χ2v) is 2.99. The molecule has 3 nitrogen and oxygen atoms in total. The number of hydrogen-bond acceptors (Lipinski definition) is 4. The molecule has 1 fully saturated rings. The summed E-state index contributed by atoms with van der Waals surface area (Å²) < 4.78 is 0.363. The molecule has 0 radical (unpaired) electrons. The van der Waals surface area contributed by atoms with Crippen molar-refractivity contribution in [2.24, 2.45) is 0 Å². The maximum Gasteiger partial charge on any atom is 0.251 e. The maximum absolute atomic E-state index is 10.6. The highest BCUT2D eigenvalue weighted by molar-refractivity contribution is 8.24. The summed E-state index contributed by atoms with van der Waals surface area (Å²) in [5, 5.41) is 8.26. The molecule has 0 aromatic rings. The largest absolute Gasteiger partial charge is 0.272 e. The highest BCUT2D eigenvalue weighted by Crippen LogP contribution is 2.17. The molecule has 0 aliphatic carbocycles. The van der Waals surface area contributed by atoms with Gasteiger partial charge >= 0.3 is 0 Å². The van der Waals surface area contributed by atoms with E-state index in [1.54, 1.807) is 6.19 Å². The Morgan fingerprint density at radius 3 is 2.78 bits per heavy atom. The van der Waals surface area contributed by atoms with Gasteiger partial charge < -0.3 is 0 Å². The zero-order chi connectivity index (χ0) is 6.85. The van der Waals surface area contributed by atoms with Crippen LogP contribution in [0.4, 0.5) is 0 Å². The summed E-state index contributed by atoms with van der Waals surface area (Å²) in [6, 6.07) is 0. The molecule has 5 heteroatoms. The summed E-state index contributed by atoms with van der Waals surface area (Å²) in [4.78, 5) is 11.5. The van der Waals surface area contributed by atoms with Crippen molar-refractivity contribution in [3.05, 3.63) is 0 Å².